The fraction of sp³-hybridized carbons (Fsp3) is 0.118. The Labute approximate surface area is 118 Å². The Morgan fingerprint density at radius 2 is 1.80 bits per heavy atom. The average Bonchev–Trinajstić information content (AvgIpc) is 2.47. The minimum absolute atomic E-state index is 0.0640. The van der Waals surface area contributed by atoms with E-state index in [1.807, 2.05) is 54.6 Å². The molecule has 1 N–H and O–H groups in total. The summed E-state index contributed by atoms with van der Waals surface area (Å²) in [6.45, 7) is 4.02. The van der Waals surface area contributed by atoms with Gasteiger partial charge in [0.1, 0.15) is 12.4 Å². The van der Waals surface area contributed by atoms with E-state index in [1.54, 1.807) is 6.08 Å². The van der Waals surface area contributed by atoms with E-state index in [-0.39, 0.29) is 5.91 Å². The van der Waals surface area contributed by atoms with E-state index < -0.39 is 0 Å². The van der Waals surface area contributed by atoms with Gasteiger partial charge in [-0.2, -0.15) is 0 Å². The molecule has 0 fully saturated rings. The topological polar surface area (TPSA) is 38.3 Å². The smallest absolute Gasteiger partial charge is 0.228 e. The summed E-state index contributed by atoms with van der Waals surface area (Å²) in [5.74, 6) is 0.583. The van der Waals surface area contributed by atoms with Crippen LogP contribution in [0.1, 0.15) is 5.56 Å². The lowest BCUT2D eigenvalue weighted by Crippen LogP contribution is -2.15. The van der Waals surface area contributed by atoms with Crippen LogP contribution in [0.2, 0.25) is 0 Å². The lowest BCUT2D eigenvalue weighted by atomic mass is 10.1. The number of para-hydroxylation sites is 2. The summed E-state index contributed by atoms with van der Waals surface area (Å²) in [7, 11) is 0. The molecule has 3 nitrogen and oxygen atoms in total. The molecule has 0 saturated carbocycles. The predicted molar refractivity (Wildman–Crippen MR) is 80.9 cm³/mol. The van der Waals surface area contributed by atoms with E-state index in [0.29, 0.717) is 24.5 Å². The highest BCUT2D eigenvalue weighted by atomic mass is 16.5. The van der Waals surface area contributed by atoms with Crippen LogP contribution in [0.5, 0.6) is 5.75 Å². The van der Waals surface area contributed by atoms with Crippen molar-refractivity contribution in [2.24, 2.45) is 0 Å². The van der Waals surface area contributed by atoms with Crippen molar-refractivity contribution in [3.8, 4) is 5.75 Å². The lowest BCUT2D eigenvalue weighted by Gasteiger charge is -2.11. The molecule has 2 aromatic rings. The molecule has 0 saturated heterocycles. The molecule has 0 heterocycles. The number of rotatable bonds is 6. The van der Waals surface area contributed by atoms with Crippen LogP contribution in [0.4, 0.5) is 5.69 Å². The second-order valence-corrected chi connectivity index (χ2v) is 4.31. The Morgan fingerprint density at radius 1 is 1.10 bits per heavy atom. The molecule has 2 aromatic carbocycles. The van der Waals surface area contributed by atoms with Gasteiger partial charge in [-0.25, -0.2) is 0 Å². The van der Waals surface area contributed by atoms with Crippen molar-refractivity contribution in [1.29, 1.82) is 0 Å². The first-order valence-corrected chi connectivity index (χ1v) is 6.46. The minimum atomic E-state index is -0.0640. The summed E-state index contributed by atoms with van der Waals surface area (Å²) in [5.41, 5.74) is 1.66. The van der Waals surface area contributed by atoms with E-state index in [2.05, 4.69) is 11.9 Å². The monoisotopic (exact) mass is 267 g/mol. The van der Waals surface area contributed by atoms with Crippen LogP contribution in [-0.4, -0.2) is 12.5 Å². The molecule has 102 valence electrons. The normalized spacial score (nSPS) is 9.80. The molecule has 3 heteroatoms. The van der Waals surface area contributed by atoms with Crippen molar-refractivity contribution in [3.63, 3.8) is 0 Å². The average molecular weight is 267 g/mol. The summed E-state index contributed by atoms with van der Waals surface area (Å²) in [5, 5.41) is 2.87. The van der Waals surface area contributed by atoms with Crippen molar-refractivity contribution < 1.29 is 9.53 Å². The standard InChI is InChI=1S/C17H17NO2/c1-2-12-20-16-11-7-6-10-15(16)18-17(19)13-14-8-4-3-5-9-14/h2-11H,1,12-13H2,(H,18,19). The summed E-state index contributed by atoms with van der Waals surface area (Å²) >= 11 is 0. The fourth-order valence-corrected chi connectivity index (χ4v) is 1.82. The van der Waals surface area contributed by atoms with Crippen molar-refractivity contribution >= 4 is 11.6 Å². The van der Waals surface area contributed by atoms with Gasteiger partial charge >= 0.3 is 0 Å². The largest absolute Gasteiger partial charge is 0.487 e. The van der Waals surface area contributed by atoms with Gasteiger partial charge in [-0.15, -0.1) is 0 Å². The third kappa shape index (κ3) is 3.99. The van der Waals surface area contributed by atoms with Crippen LogP contribution in [0, 0.1) is 0 Å². The molecule has 0 aromatic heterocycles. The van der Waals surface area contributed by atoms with Gasteiger partial charge < -0.3 is 10.1 Å². The summed E-state index contributed by atoms with van der Waals surface area (Å²) in [6, 6.07) is 17.0. The maximum Gasteiger partial charge on any atom is 0.228 e. The second kappa shape index (κ2) is 7.14. The molecule has 1 amide bonds. The lowest BCUT2D eigenvalue weighted by molar-refractivity contribution is -0.115. The zero-order valence-electron chi connectivity index (χ0n) is 11.2. The van der Waals surface area contributed by atoms with Gasteiger partial charge in [0.15, 0.2) is 0 Å². The minimum Gasteiger partial charge on any atom is -0.487 e. The highest BCUT2D eigenvalue weighted by Crippen LogP contribution is 2.23. The van der Waals surface area contributed by atoms with Gasteiger partial charge in [-0.3, -0.25) is 4.79 Å². The Balaban J connectivity index is 2.02. The molecule has 0 unspecified atom stereocenters. The molecule has 0 aliphatic heterocycles. The van der Waals surface area contributed by atoms with Crippen molar-refractivity contribution in [1.82, 2.24) is 0 Å². The van der Waals surface area contributed by atoms with E-state index in [9.17, 15) is 4.79 Å². The number of ether oxygens (including phenoxy) is 1. The van der Waals surface area contributed by atoms with E-state index in [1.165, 1.54) is 0 Å². The van der Waals surface area contributed by atoms with Crippen LogP contribution in [0.25, 0.3) is 0 Å². The Kier molecular flexibility index (Phi) is 4.95. The zero-order valence-corrected chi connectivity index (χ0v) is 11.2. The quantitative estimate of drug-likeness (QED) is 0.814. The maximum absolute atomic E-state index is 12.0. The van der Waals surface area contributed by atoms with Gasteiger partial charge in [0, 0.05) is 0 Å². The molecule has 20 heavy (non-hydrogen) atoms. The van der Waals surface area contributed by atoms with Crippen molar-refractivity contribution in [3.05, 3.63) is 72.8 Å². The van der Waals surface area contributed by atoms with E-state index in [0.717, 1.165) is 5.56 Å². The van der Waals surface area contributed by atoms with Gasteiger partial charge in [0.05, 0.1) is 12.1 Å². The van der Waals surface area contributed by atoms with Crippen LogP contribution in [0.3, 0.4) is 0 Å². The number of amides is 1. The Morgan fingerprint density at radius 3 is 2.55 bits per heavy atom. The first-order chi connectivity index (χ1) is 9.79. The molecule has 0 aliphatic rings. The number of hydrogen-bond acceptors (Lipinski definition) is 2. The SMILES string of the molecule is C=CCOc1ccccc1NC(=O)Cc1ccccc1. The first-order valence-electron chi connectivity index (χ1n) is 6.46. The van der Waals surface area contributed by atoms with Crippen LogP contribution < -0.4 is 10.1 Å². The molecule has 0 radical (unpaired) electrons. The molecule has 0 bridgehead atoms. The third-order valence-corrected chi connectivity index (χ3v) is 2.73. The molecular weight excluding hydrogens is 250 g/mol. The van der Waals surface area contributed by atoms with Gasteiger partial charge in [-0.05, 0) is 17.7 Å². The van der Waals surface area contributed by atoms with Crippen LogP contribution >= 0.6 is 0 Å². The molecule has 0 aliphatic carbocycles. The molecular formula is C17H17NO2. The Hall–Kier alpha value is -2.55. The van der Waals surface area contributed by atoms with E-state index in [4.69, 9.17) is 4.74 Å². The first kappa shape index (κ1) is 13.9. The predicted octanol–water partition coefficient (Wildman–Crippen LogP) is 3.43. The number of benzene rings is 2. The molecule has 2 rings (SSSR count). The third-order valence-electron chi connectivity index (χ3n) is 2.73. The fourth-order valence-electron chi connectivity index (χ4n) is 1.82. The summed E-state index contributed by atoms with van der Waals surface area (Å²) < 4.78 is 5.50. The zero-order chi connectivity index (χ0) is 14.2. The van der Waals surface area contributed by atoms with Crippen molar-refractivity contribution in [2.45, 2.75) is 6.42 Å². The molecule has 0 atom stereocenters. The number of anilines is 1. The summed E-state index contributed by atoms with van der Waals surface area (Å²) in [6.07, 6.45) is 2.01. The van der Waals surface area contributed by atoms with Gasteiger partial charge in [0.25, 0.3) is 0 Å². The van der Waals surface area contributed by atoms with Crippen LogP contribution in [0.15, 0.2) is 67.3 Å². The summed E-state index contributed by atoms with van der Waals surface area (Å²) in [4.78, 5) is 12.0. The highest BCUT2D eigenvalue weighted by molar-refractivity contribution is 5.93. The maximum atomic E-state index is 12.0. The number of hydrogen-bond donors (Lipinski definition) is 1. The Bertz CT molecular complexity index is 579. The van der Waals surface area contributed by atoms with E-state index >= 15 is 0 Å². The number of carbonyl (C=O) groups excluding carboxylic acids is 1. The van der Waals surface area contributed by atoms with Gasteiger partial charge in [-0.1, -0.05) is 55.1 Å². The van der Waals surface area contributed by atoms with Crippen molar-refractivity contribution in [2.75, 3.05) is 11.9 Å². The van der Waals surface area contributed by atoms with Gasteiger partial charge in [0.2, 0.25) is 5.91 Å². The highest BCUT2D eigenvalue weighted by Gasteiger charge is 2.07. The number of nitrogens with one attached hydrogen (secondary N) is 1. The second-order valence-electron chi connectivity index (χ2n) is 4.31. The van der Waals surface area contributed by atoms with Crippen LogP contribution in [-0.2, 0) is 11.2 Å². The molecule has 0 spiro atoms. The number of carbonyl (C=O) groups is 1.